The van der Waals surface area contributed by atoms with Gasteiger partial charge in [-0.1, -0.05) is 30.3 Å². The zero-order valence-corrected chi connectivity index (χ0v) is 16.9. The van der Waals surface area contributed by atoms with Crippen molar-refractivity contribution in [1.82, 2.24) is 9.80 Å². The lowest BCUT2D eigenvalue weighted by Gasteiger charge is -2.52. The fraction of sp³-hybridized carbons (Fsp3) is 0.667. The van der Waals surface area contributed by atoms with E-state index in [0.717, 1.165) is 26.1 Å². The number of carbonyl (C=O) groups is 1. The Morgan fingerprint density at radius 3 is 2.42 bits per heavy atom. The molecular weight excluding hydrogens is 328 g/mol. The molecule has 2 saturated heterocycles. The maximum Gasteiger partial charge on any atom is 0.411 e. The van der Waals surface area contributed by atoms with Gasteiger partial charge in [0.25, 0.3) is 0 Å². The van der Waals surface area contributed by atoms with Gasteiger partial charge in [0, 0.05) is 33.2 Å². The number of methoxy groups -OCH3 is 1. The highest BCUT2D eigenvalue weighted by Crippen LogP contribution is 2.48. The summed E-state index contributed by atoms with van der Waals surface area (Å²) < 4.78 is 11.6. The second-order valence-electron chi connectivity index (χ2n) is 9.23. The molecule has 2 aliphatic rings. The zero-order chi connectivity index (χ0) is 19.2. The summed E-state index contributed by atoms with van der Waals surface area (Å²) in [4.78, 5) is 17.4. The van der Waals surface area contributed by atoms with Crippen molar-refractivity contribution in [2.45, 2.75) is 70.4 Å². The Labute approximate surface area is 157 Å². The molecule has 0 N–H and O–H groups in total. The molecule has 0 aliphatic carbocycles. The summed E-state index contributed by atoms with van der Waals surface area (Å²) in [5.74, 6) is 0. The van der Waals surface area contributed by atoms with Crippen molar-refractivity contribution in [3.8, 4) is 0 Å². The number of carbonyl (C=O) groups excluding carboxylic acids is 1. The largest absolute Gasteiger partial charge is 0.444 e. The Hall–Kier alpha value is -1.59. The van der Waals surface area contributed by atoms with Gasteiger partial charge in [0.05, 0.1) is 17.2 Å². The van der Waals surface area contributed by atoms with Crippen LogP contribution in [0.15, 0.2) is 30.3 Å². The quantitative estimate of drug-likeness (QED) is 0.825. The van der Waals surface area contributed by atoms with Crippen LogP contribution in [0.3, 0.4) is 0 Å². The molecule has 0 aromatic heterocycles. The normalized spacial score (nSPS) is 31.9. The molecule has 0 saturated carbocycles. The van der Waals surface area contributed by atoms with Gasteiger partial charge in [-0.15, -0.1) is 0 Å². The fourth-order valence-electron chi connectivity index (χ4n) is 4.80. The number of ether oxygens (including phenoxy) is 2. The predicted octanol–water partition coefficient (Wildman–Crippen LogP) is 3.68. The van der Waals surface area contributed by atoms with Crippen LogP contribution in [0.5, 0.6) is 0 Å². The van der Waals surface area contributed by atoms with E-state index in [-0.39, 0.29) is 17.7 Å². The summed E-state index contributed by atoms with van der Waals surface area (Å²) in [6, 6.07) is 10.5. The number of hydrogen-bond acceptors (Lipinski definition) is 4. The van der Waals surface area contributed by atoms with Gasteiger partial charge in [-0.3, -0.25) is 9.80 Å². The number of benzene rings is 1. The van der Waals surface area contributed by atoms with Gasteiger partial charge >= 0.3 is 6.09 Å². The molecular formula is C21H32N2O3. The van der Waals surface area contributed by atoms with Gasteiger partial charge in [-0.2, -0.15) is 0 Å². The van der Waals surface area contributed by atoms with Gasteiger partial charge in [0.1, 0.15) is 5.60 Å². The molecule has 5 nitrogen and oxygen atoms in total. The number of amides is 1. The Morgan fingerprint density at radius 2 is 1.85 bits per heavy atom. The Balaban J connectivity index is 1.87. The minimum absolute atomic E-state index is 0.000733. The third kappa shape index (κ3) is 3.47. The fourth-order valence-corrected chi connectivity index (χ4v) is 4.80. The molecule has 2 fully saturated rings. The lowest BCUT2D eigenvalue weighted by Crippen LogP contribution is -2.68. The third-order valence-corrected chi connectivity index (χ3v) is 5.59. The number of fused-ring (bicyclic) bond motifs is 2. The van der Waals surface area contributed by atoms with Crippen LogP contribution in [0.25, 0.3) is 0 Å². The average Bonchev–Trinajstić information content (AvgIpc) is 2.65. The summed E-state index contributed by atoms with van der Waals surface area (Å²) in [5.41, 5.74) is 0.0789. The van der Waals surface area contributed by atoms with Crippen LogP contribution >= 0.6 is 0 Å². The number of nitrogens with zero attached hydrogens (tertiary/aromatic N) is 2. The van der Waals surface area contributed by atoms with Gasteiger partial charge in [0.2, 0.25) is 0 Å². The lowest BCUT2D eigenvalue weighted by molar-refractivity contribution is -0.0760. The van der Waals surface area contributed by atoms with Crippen LogP contribution in [0.1, 0.15) is 46.6 Å². The van der Waals surface area contributed by atoms with Crippen molar-refractivity contribution in [3.05, 3.63) is 35.9 Å². The first-order valence-corrected chi connectivity index (χ1v) is 9.40. The first-order valence-electron chi connectivity index (χ1n) is 9.40. The highest BCUT2D eigenvalue weighted by molar-refractivity contribution is 5.71. The summed E-state index contributed by atoms with van der Waals surface area (Å²) in [6.07, 6.45) is 0.590. The molecule has 2 aliphatic heterocycles. The summed E-state index contributed by atoms with van der Waals surface area (Å²) in [5, 5.41) is 0. The molecule has 2 bridgehead atoms. The Morgan fingerprint density at radius 1 is 1.19 bits per heavy atom. The standard InChI is InChI=1S/C21H32N2O3/c1-19(2,3)26-18(24)23-20(4)12-17(25-6)21(23,5)15-22(14-20)13-16-10-8-7-9-11-16/h7-11,17H,12-15H2,1-6H3/t17?,20-,21+/m1/s1. The van der Waals surface area contributed by atoms with Crippen molar-refractivity contribution < 1.29 is 14.3 Å². The van der Waals surface area contributed by atoms with E-state index < -0.39 is 11.1 Å². The summed E-state index contributed by atoms with van der Waals surface area (Å²) in [7, 11) is 1.74. The molecule has 1 aromatic rings. The molecule has 2 heterocycles. The van der Waals surface area contributed by atoms with Gasteiger partial charge < -0.3 is 9.47 Å². The van der Waals surface area contributed by atoms with Crippen molar-refractivity contribution in [3.63, 3.8) is 0 Å². The molecule has 5 heteroatoms. The van der Waals surface area contributed by atoms with Crippen molar-refractivity contribution in [2.75, 3.05) is 20.2 Å². The molecule has 144 valence electrons. The maximum absolute atomic E-state index is 13.0. The highest BCUT2D eigenvalue weighted by atomic mass is 16.6. The average molecular weight is 360 g/mol. The third-order valence-electron chi connectivity index (χ3n) is 5.59. The van der Waals surface area contributed by atoms with Crippen LogP contribution in [0, 0.1) is 0 Å². The summed E-state index contributed by atoms with van der Waals surface area (Å²) >= 11 is 0. The zero-order valence-electron chi connectivity index (χ0n) is 16.9. The van der Waals surface area contributed by atoms with E-state index in [9.17, 15) is 4.79 Å². The molecule has 0 radical (unpaired) electrons. The van der Waals surface area contributed by atoms with E-state index in [1.165, 1.54) is 5.56 Å². The van der Waals surface area contributed by atoms with Crippen LogP contribution in [0.4, 0.5) is 4.79 Å². The van der Waals surface area contributed by atoms with Crippen molar-refractivity contribution in [2.24, 2.45) is 0 Å². The van der Waals surface area contributed by atoms with E-state index in [4.69, 9.17) is 9.47 Å². The van der Waals surface area contributed by atoms with Crippen molar-refractivity contribution in [1.29, 1.82) is 0 Å². The van der Waals surface area contributed by atoms with E-state index in [2.05, 4.69) is 43.0 Å². The molecule has 1 amide bonds. The SMILES string of the molecule is COC1C[C@]2(C)CN(Cc3ccccc3)C[C@]1(C)N2C(=O)OC(C)(C)C. The van der Waals surface area contributed by atoms with Gasteiger partial charge in [-0.05, 0) is 40.2 Å². The topological polar surface area (TPSA) is 42.0 Å². The monoisotopic (exact) mass is 360 g/mol. The molecule has 3 atom stereocenters. The molecule has 1 aromatic carbocycles. The predicted molar refractivity (Wildman–Crippen MR) is 102 cm³/mol. The Bertz CT molecular complexity index is 657. The second-order valence-corrected chi connectivity index (χ2v) is 9.23. The van der Waals surface area contributed by atoms with Crippen LogP contribution < -0.4 is 0 Å². The van der Waals surface area contributed by atoms with E-state index in [1.807, 2.05) is 31.7 Å². The first kappa shape index (κ1) is 19.2. The van der Waals surface area contributed by atoms with E-state index in [0.29, 0.717) is 0 Å². The molecule has 0 spiro atoms. The molecule has 26 heavy (non-hydrogen) atoms. The lowest BCUT2D eigenvalue weighted by atomic mass is 9.94. The molecule has 3 rings (SSSR count). The number of hydrogen-bond donors (Lipinski definition) is 0. The molecule has 1 unspecified atom stereocenters. The second kappa shape index (κ2) is 6.54. The van der Waals surface area contributed by atoms with Gasteiger partial charge in [-0.25, -0.2) is 4.79 Å². The van der Waals surface area contributed by atoms with Crippen LogP contribution in [0.2, 0.25) is 0 Å². The van der Waals surface area contributed by atoms with E-state index >= 15 is 0 Å². The number of piperazine rings is 1. The van der Waals surface area contributed by atoms with E-state index in [1.54, 1.807) is 7.11 Å². The number of likely N-dealkylation sites (tertiary alicyclic amines) is 1. The first-order chi connectivity index (χ1) is 12.1. The van der Waals surface area contributed by atoms with Crippen molar-refractivity contribution >= 4 is 6.09 Å². The van der Waals surface area contributed by atoms with Crippen LogP contribution in [-0.4, -0.2) is 58.9 Å². The van der Waals surface area contributed by atoms with Gasteiger partial charge in [0.15, 0.2) is 0 Å². The maximum atomic E-state index is 13.0. The summed E-state index contributed by atoms with van der Waals surface area (Å²) in [6.45, 7) is 12.5. The highest BCUT2D eigenvalue weighted by Gasteiger charge is 2.63. The Kier molecular flexibility index (Phi) is 4.82. The minimum Gasteiger partial charge on any atom is -0.444 e. The number of rotatable bonds is 3. The van der Waals surface area contributed by atoms with Crippen LogP contribution in [-0.2, 0) is 16.0 Å². The smallest absolute Gasteiger partial charge is 0.411 e. The minimum atomic E-state index is -0.507.